The number of rotatable bonds is 3. The van der Waals surface area contributed by atoms with Crippen molar-refractivity contribution < 1.29 is 0 Å². The molecule has 0 amide bonds. The van der Waals surface area contributed by atoms with Crippen molar-refractivity contribution in [2.45, 2.75) is 33.1 Å². The molecule has 0 saturated carbocycles. The standard InChI is InChI=1S/C22H22N4S/c1-15-6-7-17-11-18(12-19(13-23)22-24-16(2)14-27-22)21(25-20(17)10-15)26-8-4-3-5-9-26/h6-7,10-12,14H,3-5,8-9H2,1-2H3/b19-12+. The van der Waals surface area contributed by atoms with Crippen LogP contribution in [0, 0.1) is 25.2 Å². The first-order valence-corrected chi connectivity index (χ1v) is 10.2. The summed E-state index contributed by atoms with van der Waals surface area (Å²) in [4.78, 5) is 11.8. The highest BCUT2D eigenvalue weighted by Crippen LogP contribution is 2.30. The van der Waals surface area contributed by atoms with Crippen LogP contribution in [-0.4, -0.2) is 23.1 Å². The average molecular weight is 375 g/mol. The van der Waals surface area contributed by atoms with E-state index in [9.17, 15) is 5.26 Å². The summed E-state index contributed by atoms with van der Waals surface area (Å²) >= 11 is 1.51. The van der Waals surface area contributed by atoms with Gasteiger partial charge in [-0.3, -0.25) is 0 Å². The predicted molar refractivity (Wildman–Crippen MR) is 113 cm³/mol. The Kier molecular flexibility index (Phi) is 4.91. The van der Waals surface area contributed by atoms with Crippen molar-refractivity contribution >= 4 is 39.7 Å². The zero-order valence-corrected chi connectivity index (χ0v) is 16.5. The summed E-state index contributed by atoms with van der Waals surface area (Å²) in [5.41, 5.74) is 4.76. The number of hydrogen-bond donors (Lipinski definition) is 0. The lowest BCUT2D eigenvalue weighted by atomic mass is 10.1. The lowest BCUT2D eigenvalue weighted by Crippen LogP contribution is -2.30. The highest BCUT2D eigenvalue weighted by Gasteiger charge is 2.17. The highest BCUT2D eigenvalue weighted by atomic mass is 32.1. The van der Waals surface area contributed by atoms with Crippen LogP contribution in [0.5, 0.6) is 0 Å². The molecule has 1 aromatic carbocycles. The molecule has 3 aromatic rings. The van der Waals surface area contributed by atoms with E-state index >= 15 is 0 Å². The summed E-state index contributed by atoms with van der Waals surface area (Å²) in [5.74, 6) is 0.980. The van der Waals surface area contributed by atoms with E-state index in [0.717, 1.165) is 46.1 Å². The number of hydrogen-bond acceptors (Lipinski definition) is 5. The van der Waals surface area contributed by atoms with Crippen LogP contribution in [0.4, 0.5) is 5.82 Å². The van der Waals surface area contributed by atoms with Crippen molar-refractivity contribution in [3.05, 3.63) is 51.5 Å². The zero-order chi connectivity index (χ0) is 18.8. The van der Waals surface area contributed by atoms with Gasteiger partial charge in [-0.25, -0.2) is 9.97 Å². The van der Waals surface area contributed by atoms with E-state index in [1.165, 1.54) is 36.2 Å². The fraction of sp³-hybridized carbons (Fsp3) is 0.318. The lowest BCUT2D eigenvalue weighted by molar-refractivity contribution is 0.574. The van der Waals surface area contributed by atoms with Crippen molar-refractivity contribution in [1.29, 1.82) is 5.26 Å². The summed E-state index contributed by atoms with van der Waals surface area (Å²) in [6, 6.07) is 10.8. The molecule has 5 heteroatoms. The number of piperidine rings is 1. The van der Waals surface area contributed by atoms with Gasteiger partial charge in [0.2, 0.25) is 0 Å². The Morgan fingerprint density at radius 2 is 1.96 bits per heavy atom. The van der Waals surface area contributed by atoms with Gasteiger partial charge in [0.15, 0.2) is 0 Å². The summed E-state index contributed by atoms with van der Waals surface area (Å²) < 4.78 is 0. The number of aryl methyl sites for hydroxylation is 2. The van der Waals surface area contributed by atoms with Crippen LogP contribution in [0.2, 0.25) is 0 Å². The van der Waals surface area contributed by atoms with Crippen LogP contribution >= 0.6 is 11.3 Å². The molecule has 1 aliphatic rings. The molecule has 1 aliphatic heterocycles. The van der Waals surface area contributed by atoms with Crippen molar-refractivity contribution in [1.82, 2.24) is 9.97 Å². The lowest BCUT2D eigenvalue weighted by Gasteiger charge is -2.29. The van der Waals surface area contributed by atoms with E-state index in [1.54, 1.807) is 0 Å². The van der Waals surface area contributed by atoms with Crippen LogP contribution < -0.4 is 4.90 Å². The molecule has 4 rings (SSSR count). The van der Waals surface area contributed by atoms with Gasteiger partial charge in [0.25, 0.3) is 0 Å². The van der Waals surface area contributed by atoms with E-state index in [4.69, 9.17) is 4.98 Å². The van der Waals surface area contributed by atoms with Crippen LogP contribution in [0.3, 0.4) is 0 Å². The number of allylic oxidation sites excluding steroid dienone is 1. The Bertz CT molecular complexity index is 1050. The molecule has 136 valence electrons. The maximum atomic E-state index is 9.72. The van der Waals surface area contributed by atoms with Crippen LogP contribution in [-0.2, 0) is 0 Å². The van der Waals surface area contributed by atoms with Gasteiger partial charge < -0.3 is 4.90 Å². The van der Waals surface area contributed by atoms with E-state index in [-0.39, 0.29) is 0 Å². The number of thiazole rings is 1. The van der Waals surface area contributed by atoms with Crippen molar-refractivity contribution in [3.63, 3.8) is 0 Å². The van der Waals surface area contributed by atoms with Gasteiger partial charge in [-0.15, -0.1) is 11.3 Å². The van der Waals surface area contributed by atoms with Gasteiger partial charge in [-0.05, 0) is 56.9 Å². The molecule has 1 fully saturated rings. The molecule has 2 aromatic heterocycles. The minimum atomic E-state index is 0.597. The molecule has 0 spiro atoms. The second kappa shape index (κ2) is 7.50. The summed E-state index contributed by atoms with van der Waals surface area (Å²) in [6.07, 6.45) is 5.60. The molecule has 0 aliphatic carbocycles. The fourth-order valence-electron chi connectivity index (χ4n) is 3.52. The number of fused-ring (bicyclic) bond motifs is 1. The second-order valence-electron chi connectivity index (χ2n) is 7.11. The van der Waals surface area contributed by atoms with E-state index in [0.29, 0.717) is 5.57 Å². The molecule has 0 bridgehead atoms. The molecule has 0 unspecified atom stereocenters. The zero-order valence-electron chi connectivity index (χ0n) is 15.7. The topological polar surface area (TPSA) is 52.8 Å². The van der Waals surface area contributed by atoms with Gasteiger partial charge in [-0.1, -0.05) is 12.1 Å². The smallest absolute Gasteiger partial charge is 0.136 e. The fourth-order valence-corrected chi connectivity index (χ4v) is 4.29. The number of benzene rings is 1. The van der Waals surface area contributed by atoms with Crippen molar-refractivity contribution in [3.8, 4) is 6.07 Å². The van der Waals surface area contributed by atoms with Gasteiger partial charge >= 0.3 is 0 Å². The van der Waals surface area contributed by atoms with Gasteiger partial charge in [0, 0.05) is 35.1 Å². The number of anilines is 1. The Morgan fingerprint density at radius 3 is 2.67 bits per heavy atom. The summed E-state index contributed by atoms with van der Waals surface area (Å²) in [5, 5.41) is 13.6. The van der Waals surface area contributed by atoms with E-state index in [1.807, 2.05) is 18.4 Å². The molecule has 4 nitrogen and oxygen atoms in total. The van der Waals surface area contributed by atoms with Crippen LogP contribution in [0.1, 0.15) is 41.1 Å². The van der Waals surface area contributed by atoms with E-state index in [2.05, 4.69) is 47.1 Å². The van der Waals surface area contributed by atoms with E-state index < -0.39 is 0 Å². The van der Waals surface area contributed by atoms with Gasteiger partial charge in [0.05, 0.1) is 11.1 Å². The average Bonchev–Trinajstić information content (AvgIpc) is 3.12. The largest absolute Gasteiger partial charge is 0.356 e. The number of pyridine rings is 1. The molecule has 0 N–H and O–H groups in total. The first-order valence-electron chi connectivity index (χ1n) is 9.35. The normalized spacial score (nSPS) is 15.1. The minimum Gasteiger partial charge on any atom is -0.356 e. The molecular formula is C22H22N4S. The number of nitriles is 1. The SMILES string of the molecule is Cc1ccc2cc(/C=C(\C#N)c3nc(C)cs3)c(N3CCCCC3)nc2c1. The van der Waals surface area contributed by atoms with Crippen molar-refractivity contribution in [2.75, 3.05) is 18.0 Å². The highest BCUT2D eigenvalue weighted by molar-refractivity contribution is 7.11. The molecule has 27 heavy (non-hydrogen) atoms. The Hall–Kier alpha value is -2.71. The maximum Gasteiger partial charge on any atom is 0.136 e. The third-order valence-electron chi connectivity index (χ3n) is 4.91. The summed E-state index contributed by atoms with van der Waals surface area (Å²) in [7, 11) is 0. The predicted octanol–water partition coefficient (Wildman–Crippen LogP) is 5.36. The molecule has 0 radical (unpaired) electrons. The maximum absolute atomic E-state index is 9.72. The number of nitrogens with zero attached hydrogens (tertiary/aromatic N) is 4. The summed E-state index contributed by atoms with van der Waals surface area (Å²) in [6.45, 7) is 6.08. The monoisotopic (exact) mass is 374 g/mol. The quantitative estimate of drug-likeness (QED) is 0.579. The first kappa shape index (κ1) is 17.7. The molecular weight excluding hydrogens is 352 g/mol. The Balaban J connectivity index is 1.87. The minimum absolute atomic E-state index is 0.597. The molecule has 1 saturated heterocycles. The first-order chi connectivity index (χ1) is 13.1. The second-order valence-corrected chi connectivity index (χ2v) is 7.97. The van der Waals surface area contributed by atoms with Gasteiger partial charge in [0.1, 0.15) is 16.9 Å². The third kappa shape index (κ3) is 3.72. The number of aromatic nitrogens is 2. The van der Waals surface area contributed by atoms with Crippen molar-refractivity contribution in [2.24, 2.45) is 0 Å². The Labute approximate surface area is 163 Å². The Morgan fingerprint density at radius 1 is 1.15 bits per heavy atom. The van der Waals surface area contributed by atoms with Gasteiger partial charge in [-0.2, -0.15) is 5.26 Å². The molecule has 3 heterocycles. The molecule has 0 atom stereocenters. The third-order valence-corrected chi connectivity index (χ3v) is 5.90. The van der Waals surface area contributed by atoms with Crippen LogP contribution in [0.15, 0.2) is 29.6 Å². The van der Waals surface area contributed by atoms with Crippen LogP contribution in [0.25, 0.3) is 22.6 Å².